The number of rotatable bonds is 7. The lowest BCUT2D eigenvalue weighted by atomic mass is 9.70. The fourth-order valence-corrected chi connectivity index (χ4v) is 4.40. The second kappa shape index (κ2) is 6.07. The Morgan fingerprint density at radius 3 is 2.40 bits per heavy atom. The molecule has 0 aliphatic heterocycles. The van der Waals surface area contributed by atoms with E-state index in [1.807, 2.05) is 0 Å². The smallest absolute Gasteiger partial charge is 0.306 e. The molecule has 2 saturated carbocycles. The summed E-state index contributed by atoms with van der Waals surface area (Å²) < 4.78 is 5.85. The summed E-state index contributed by atoms with van der Waals surface area (Å²) in [5.74, 6) is 0.783. The van der Waals surface area contributed by atoms with Crippen LogP contribution in [0.3, 0.4) is 0 Å². The fourth-order valence-electron chi connectivity index (χ4n) is 4.40. The van der Waals surface area contributed by atoms with Gasteiger partial charge in [-0.25, -0.2) is 0 Å². The third-order valence-corrected chi connectivity index (χ3v) is 6.47. The molecule has 2 fully saturated rings. The SMILES string of the molecule is CCCCCCCC(=O)OC1CC2CCC1(C)C2(C)C. The van der Waals surface area contributed by atoms with Gasteiger partial charge < -0.3 is 4.74 Å². The molecule has 0 aromatic heterocycles. The van der Waals surface area contributed by atoms with Crippen LogP contribution in [-0.4, -0.2) is 12.1 Å². The zero-order valence-corrected chi connectivity index (χ0v) is 13.8. The Labute approximate surface area is 124 Å². The summed E-state index contributed by atoms with van der Waals surface area (Å²) in [5, 5.41) is 0. The molecule has 0 heterocycles. The minimum absolute atomic E-state index is 0.0380. The second-order valence-corrected chi connectivity index (χ2v) is 7.75. The third kappa shape index (κ3) is 2.76. The van der Waals surface area contributed by atoms with Gasteiger partial charge in [0.1, 0.15) is 6.10 Å². The maximum atomic E-state index is 12.0. The Balaban J connectivity index is 1.76. The number of ether oxygens (including phenoxy) is 1. The lowest BCUT2D eigenvalue weighted by molar-refractivity contribution is -0.157. The second-order valence-electron chi connectivity index (χ2n) is 7.75. The molecular formula is C18H32O2. The molecular weight excluding hydrogens is 248 g/mol. The fraction of sp³-hybridized carbons (Fsp3) is 0.944. The van der Waals surface area contributed by atoms with Crippen LogP contribution in [0.2, 0.25) is 0 Å². The van der Waals surface area contributed by atoms with Gasteiger partial charge in [-0.1, -0.05) is 53.4 Å². The van der Waals surface area contributed by atoms with E-state index in [2.05, 4.69) is 27.7 Å². The molecule has 2 rings (SSSR count). The first-order valence-electron chi connectivity index (χ1n) is 8.61. The van der Waals surface area contributed by atoms with Crippen LogP contribution in [0.4, 0.5) is 0 Å². The van der Waals surface area contributed by atoms with Gasteiger partial charge in [0.25, 0.3) is 0 Å². The van der Waals surface area contributed by atoms with Crippen LogP contribution in [-0.2, 0) is 9.53 Å². The van der Waals surface area contributed by atoms with Crippen molar-refractivity contribution in [2.75, 3.05) is 0 Å². The molecule has 3 unspecified atom stereocenters. The highest BCUT2D eigenvalue weighted by Crippen LogP contribution is 2.66. The number of carbonyl (C=O) groups is 1. The predicted octanol–water partition coefficient (Wildman–Crippen LogP) is 5.10. The van der Waals surface area contributed by atoms with E-state index in [1.165, 1.54) is 38.5 Å². The highest BCUT2D eigenvalue weighted by Gasteiger charge is 2.62. The number of hydrogen-bond donors (Lipinski definition) is 0. The molecule has 2 aliphatic rings. The summed E-state index contributed by atoms with van der Waals surface area (Å²) in [7, 11) is 0. The van der Waals surface area contributed by atoms with E-state index in [0.717, 1.165) is 18.8 Å². The standard InChI is InChI=1S/C18H32O2/c1-5-6-7-8-9-10-16(19)20-15-13-14-11-12-18(15,4)17(14,2)3/h14-15H,5-13H2,1-4H3. The highest BCUT2D eigenvalue weighted by molar-refractivity contribution is 5.69. The van der Waals surface area contributed by atoms with E-state index >= 15 is 0 Å². The monoisotopic (exact) mass is 280 g/mol. The van der Waals surface area contributed by atoms with E-state index in [0.29, 0.717) is 11.8 Å². The summed E-state index contributed by atoms with van der Waals surface area (Å²) in [6, 6.07) is 0. The van der Waals surface area contributed by atoms with Crippen molar-refractivity contribution in [3.63, 3.8) is 0 Å². The molecule has 0 amide bonds. The van der Waals surface area contributed by atoms with Crippen molar-refractivity contribution in [3.05, 3.63) is 0 Å². The van der Waals surface area contributed by atoms with Crippen LogP contribution in [0.1, 0.15) is 85.5 Å². The summed E-state index contributed by atoms with van der Waals surface area (Å²) in [4.78, 5) is 12.0. The number of carbonyl (C=O) groups excluding carboxylic acids is 1. The number of fused-ring (bicyclic) bond motifs is 2. The maximum absolute atomic E-state index is 12.0. The van der Waals surface area contributed by atoms with Gasteiger partial charge in [-0.05, 0) is 37.0 Å². The van der Waals surface area contributed by atoms with Crippen molar-refractivity contribution in [2.24, 2.45) is 16.7 Å². The molecule has 3 atom stereocenters. The molecule has 20 heavy (non-hydrogen) atoms. The van der Waals surface area contributed by atoms with Crippen molar-refractivity contribution in [2.45, 2.75) is 91.6 Å². The number of unbranched alkanes of at least 4 members (excludes halogenated alkanes) is 4. The number of hydrogen-bond acceptors (Lipinski definition) is 2. The lowest BCUT2D eigenvalue weighted by Gasteiger charge is -2.38. The molecule has 0 N–H and O–H groups in total. The van der Waals surface area contributed by atoms with Gasteiger partial charge in [-0.2, -0.15) is 0 Å². The molecule has 0 aromatic carbocycles. The quantitative estimate of drug-likeness (QED) is 0.479. The Morgan fingerprint density at radius 1 is 1.15 bits per heavy atom. The summed E-state index contributed by atoms with van der Waals surface area (Å²) >= 11 is 0. The largest absolute Gasteiger partial charge is 0.462 e. The van der Waals surface area contributed by atoms with Gasteiger partial charge in [-0.15, -0.1) is 0 Å². The van der Waals surface area contributed by atoms with Gasteiger partial charge in [0.05, 0.1) is 0 Å². The molecule has 0 aromatic rings. The average molecular weight is 280 g/mol. The van der Waals surface area contributed by atoms with E-state index in [-0.39, 0.29) is 17.5 Å². The molecule has 116 valence electrons. The molecule has 2 bridgehead atoms. The van der Waals surface area contributed by atoms with Crippen molar-refractivity contribution in [1.29, 1.82) is 0 Å². The van der Waals surface area contributed by atoms with Crippen LogP contribution >= 0.6 is 0 Å². The van der Waals surface area contributed by atoms with Crippen LogP contribution in [0.15, 0.2) is 0 Å². The van der Waals surface area contributed by atoms with Crippen molar-refractivity contribution in [3.8, 4) is 0 Å². The Hall–Kier alpha value is -0.530. The van der Waals surface area contributed by atoms with Gasteiger partial charge in [-0.3, -0.25) is 4.79 Å². The van der Waals surface area contributed by atoms with Crippen LogP contribution in [0, 0.1) is 16.7 Å². The van der Waals surface area contributed by atoms with E-state index < -0.39 is 0 Å². The van der Waals surface area contributed by atoms with Crippen LogP contribution < -0.4 is 0 Å². The zero-order chi connectivity index (χ0) is 14.8. The van der Waals surface area contributed by atoms with E-state index in [1.54, 1.807) is 0 Å². The minimum Gasteiger partial charge on any atom is -0.462 e. The Kier molecular flexibility index (Phi) is 4.81. The van der Waals surface area contributed by atoms with Crippen molar-refractivity contribution >= 4 is 5.97 Å². The first kappa shape index (κ1) is 15.9. The lowest BCUT2D eigenvalue weighted by Crippen LogP contribution is -2.38. The third-order valence-electron chi connectivity index (χ3n) is 6.47. The average Bonchev–Trinajstić information content (AvgIpc) is 2.71. The molecule has 2 heteroatoms. The van der Waals surface area contributed by atoms with Crippen LogP contribution in [0.5, 0.6) is 0 Å². The van der Waals surface area contributed by atoms with Gasteiger partial charge in [0.15, 0.2) is 0 Å². The van der Waals surface area contributed by atoms with Crippen LogP contribution in [0.25, 0.3) is 0 Å². The van der Waals surface area contributed by atoms with E-state index in [9.17, 15) is 4.79 Å². The number of esters is 1. The topological polar surface area (TPSA) is 26.3 Å². The van der Waals surface area contributed by atoms with E-state index in [4.69, 9.17) is 4.74 Å². The predicted molar refractivity (Wildman–Crippen MR) is 82.5 cm³/mol. The molecule has 2 nitrogen and oxygen atoms in total. The highest BCUT2D eigenvalue weighted by atomic mass is 16.5. The maximum Gasteiger partial charge on any atom is 0.306 e. The summed E-state index contributed by atoms with van der Waals surface area (Å²) in [6.07, 6.45) is 10.3. The summed E-state index contributed by atoms with van der Waals surface area (Å²) in [5.41, 5.74) is 0.536. The first-order chi connectivity index (χ1) is 9.41. The van der Waals surface area contributed by atoms with Crippen molar-refractivity contribution in [1.82, 2.24) is 0 Å². The normalized spacial score (nSPS) is 34.4. The van der Waals surface area contributed by atoms with Gasteiger partial charge in [0, 0.05) is 11.8 Å². The molecule has 0 saturated heterocycles. The van der Waals surface area contributed by atoms with Gasteiger partial charge in [0.2, 0.25) is 0 Å². The molecule has 0 radical (unpaired) electrons. The minimum atomic E-state index is 0.0380. The first-order valence-corrected chi connectivity index (χ1v) is 8.61. The van der Waals surface area contributed by atoms with Gasteiger partial charge >= 0.3 is 5.97 Å². The molecule has 0 spiro atoms. The summed E-state index contributed by atoms with van der Waals surface area (Å²) in [6.45, 7) is 9.28. The Bertz CT molecular complexity index is 347. The molecule has 2 aliphatic carbocycles. The zero-order valence-electron chi connectivity index (χ0n) is 13.8. The van der Waals surface area contributed by atoms with Crippen molar-refractivity contribution < 1.29 is 9.53 Å². The Morgan fingerprint density at radius 2 is 1.85 bits per heavy atom.